The van der Waals surface area contributed by atoms with Crippen molar-refractivity contribution in [1.29, 1.82) is 0 Å². The molecule has 0 N–H and O–H groups in total. The van der Waals surface area contributed by atoms with Crippen LogP contribution in [0.15, 0.2) is 18.3 Å². The van der Waals surface area contributed by atoms with Gasteiger partial charge in [0.25, 0.3) is 0 Å². The number of pyridine rings is 1. The van der Waals surface area contributed by atoms with E-state index in [4.69, 9.17) is 0 Å². The normalized spacial score (nSPS) is 21.9. The number of nitrogens with zero attached hydrogens (tertiary/aromatic N) is 3. The first-order valence-electron chi connectivity index (χ1n) is 7.65. The van der Waals surface area contributed by atoms with Crippen LogP contribution in [0.5, 0.6) is 0 Å². The number of rotatable bonds is 1. The molecule has 21 heavy (non-hydrogen) atoms. The smallest absolute Gasteiger partial charge is 0.233 e. The molecule has 2 aliphatic rings. The van der Waals surface area contributed by atoms with E-state index >= 15 is 0 Å². The molecule has 2 amide bonds. The zero-order valence-electron chi connectivity index (χ0n) is 12.4. The minimum Gasteiger partial charge on any atom is -0.342 e. The Bertz CT molecular complexity index is 552. The second-order valence-electron chi connectivity index (χ2n) is 5.89. The first-order chi connectivity index (χ1) is 10.2. The van der Waals surface area contributed by atoms with Gasteiger partial charge in [-0.05, 0) is 30.9 Å². The SMILES string of the molecule is CC(=O)N1Cc2cccnc2C(C(=O)N2CCCCC2)C1. The Kier molecular flexibility index (Phi) is 3.90. The number of piperidine rings is 1. The molecule has 1 atom stereocenters. The fourth-order valence-corrected chi connectivity index (χ4v) is 3.24. The number of likely N-dealkylation sites (tertiary alicyclic amines) is 1. The standard InChI is InChI=1S/C16H21N3O2/c1-12(20)19-10-13-6-5-7-17-15(13)14(11-19)16(21)18-8-3-2-4-9-18/h5-7,14H,2-4,8-11H2,1H3. The Morgan fingerprint density at radius 3 is 2.67 bits per heavy atom. The molecule has 0 aromatic carbocycles. The van der Waals surface area contributed by atoms with Gasteiger partial charge >= 0.3 is 0 Å². The van der Waals surface area contributed by atoms with E-state index in [1.807, 2.05) is 17.0 Å². The number of carbonyl (C=O) groups is 2. The molecule has 0 saturated carbocycles. The Hall–Kier alpha value is -1.91. The molecule has 112 valence electrons. The van der Waals surface area contributed by atoms with Crippen LogP contribution in [0, 0.1) is 0 Å². The molecule has 1 saturated heterocycles. The van der Waals surface area contributed by atoms with E-state index in [0.29, 0.717) is 13.1 Å². The van der Waals surface area contributed by atoms with Crippen LogP contribution in [-0.4, -0.2) is 46.2 Å². The van der Waals surface area contributed by atoms with E-state index in [0.717, 1.165) is 37.2 Å². The number of aromatic nitrogens is 1. The van der Waals surface area contributed by atoms with Gasteiger partial charge in [-0.25, -0.2) is 0 Å². The van der Waals surface area contributed by atoms with Crippen LogP contribution in [0.1, 0.15) is 43.4 Å². The fraction of sp³-hybridized carbons (Fsp3) is 0.562. The summed E-state index contributed by atoms with van der Waals surface area (Å²) in [4.78, 5) is 32.7. The predicted molar refractivity (Wildman–Crippen MR) is 78.5 cm³/mol. The highest BCUT2D eigenvalue weighted by atomic mass is 16.2. The number of hydrogen-bond donors (Lipinski definition) is 0. The quantitative estimate of drug-likeness (QED) is 0.787. The van der Waals surface area contributed by atoms with Crippen molar-refractivity contribution in [1.82, 2.24) is 14.8 Å². The summed E-state index contributed by atoms with van der Waals surface area (Å²) in [6.07, 6.45) is 5.08. The highest BCUT2D eigenvalue weighted by Crippen LogP contribution is 2.29. The molecule has 1 aromatic rings. The third-order valence-electron chi connectivity index (χ3n) is 4.43. The van der Waals surface area contributed by atoms with E-state index in [-0.39, 0.29) is 17.7 Å². The molecule has 2 aliphatic heterocycles. The minimum atomic E-state index is -0.308. The van der Waals surface area contributed by atoms with Crippen molar-refractivity contribution >= 4 is 11.8 Å². The monoisotopic (exact) mass is 287 g/mol. The van der Waals surface area contributed by atoms with Gasteiger partial charge in [-0.15, -0.1) is 0 Å². The van der Waals surface area contributed by atoms with Crippen LogP contribution in [0.25, 0.3) is 0 Å². The Balaban J connectivity index is 1.88. The van der Waals surface area contributed by atoms with Crippen LogP contribution in [-0.2, 0) is 16.1 Å². The summed E-state index contributed by atoms with van der Waals surface area (Å²) in [5.74, 6) is -0.168. The zero-order chi connectivity index (χ0) is 14.8. The lowest BCUT2D eigenvalue weighted by atomic mass is 9.92. The summed E-state index contributed by atoms with van der Waals surface area (Å²) in [5.41, 5.74) is 1.85. The van der Waals surface area contributed by atoms with Crippen LogP contribution >= 0.6 is 0 Å². The van der Waals surface area contributed by atoms with Crippen molar-refractivity contribution in [2.75, 3.05) is 19.6 Å². The lowest BCUT2D eigenvalue weighted by Gasteiger charge is -2.36. The van der Waals surface area contributed by atoms with Crippen molar-refractivity contribution < 1.29 is 9.59 Å². The van der Waals surface area contributed by atoms with E-state index in [1.165, 1.54) is 6.42 Å². The van der Waals surface area contributed by atoms with Crippen molar-refractivity contribution in [2.45, 2.75) is 38.6 Å². The number of hydrogen-bond acceptors (Lipinski definition) is 3. The van der Waals surface area contributed by atoms with Gasteiger partial charge in [0.2, 0.25) is 11.8 Å². The molecule has 3 heterocycles. The van der Waals surface area contributed by atoms with Crippen molar-refractivity contribution in [3.05, 3.63) is 29.6 Å². The van der Waals surface area contributed by atoms with Gasteiger partial charge in [0.15, 0.2) is 0 Å². The summed E-state index contributed by atoms with van der Waals surface area (Å²) in [6.45, 7) is 4.23. The van der Waals surface area contributed by atoms with E-state index < -0.39 is 0 Å². The van der Waals surface area contributed by atoms with Gasteiger partial charge in [-0.2, -0.15) is 0 Å². The first kappa shape index (κ1) is 14.0. The molecular formula is C16H21N3O2. The van der Waals surface area contributed by atoms with Crippen LogP contribution in [0.2, 0.25) is 0 Å². The van der Waals surface area contributed by atoms with Gasteiger partial charge in [-0.1, -0.05) is 6.07 Å². The van der Waals surface area contributed by atoms with E-state index in [9.17, 15) is 9.59 Å². The summed E-state index contributed by atoms with van der Waals surface area (Å²) in [5, 5.41) is 0. The minimum absolute atomic E-state index is 0.0148. The maximum Gasteiger partial charge on any atom is 0.233 e. The first-order valence-corrected chi connectivity index (χ1v) is 7.65. The Morgan fingerprint density at radius 2 is 1.95 bits per heavy atom. The summed E-state index contributed by atoms with van der Waals surface area (Å²) < 4.78 is 0. The summed E-state index contributed by atoms with van der Waals surface area (Å²) in [7, 11) is 0. The molecule has 1 fully saturated rings. The number of carbonyl (C=O) groups excluding carboxylic acids is 2. The molecule has 0 aliphatic carbocycles. The highest BCUT2D eigenvalue weighted by Gasteiger charge is 2.35. The lowest BCUT2D eigenvalue weighted by molar-refractivity contribution is -0.137. The van der Waals surface area contributed by atoms with Crippen molar-refractivity contribution in [3.8, 4) is 0 Å². The third kappa shape index (κ3) is 2.77. The molecule has 0 radical (unpaired) electrons. The maximum atomic E-state index is 12.8. The van der Waals surface area contributed by atoms with Gasteiger partial charge < -0.3 is 9.80 Å². The lowest BCUT2D eigenvalue weighted by Crippen LogP contribution is -2.46. The average molecular weight is 287 g/mol. The van der Waals surface area contributed by atoms with E-state index in [1.54, 1.807) is 18.0 Å². The molecule has 1 unspecified atom stereocenters. The molecule has 0 bridgehead atoms. The number of amides is 2. The van der Waals surface area contributed by atoms with Crippen LogP contribution < -0.4 is 0 Å². The van der Waals surface area contributed by atoms with Gasteiger partial charge in [0.1, 0.15) is 0 Å². The molecule has 1 aromatic heterocycles. The van der Waals surface area contributed by atoms with Crippen molar-refractivity contribution in [2.24, 2.45) is 0 Å². The Morgan fingerprint density at radius 1 is 1.19 bits per heavy atom. The van der Waals surface area contributed by atoms with Gasteiger partial charge in [-0.3, -0.25) is 14.6 Å². The van der Waals surface area contributed by atoms with Crippen LogP contribution in [0.4, 0.5) is 0 Å². The maximum absolute atomic E-state index is 12.8. The second-order valence-corrected chi connectivity index (χ2v) is 5.89. The van der Waals surface area contributed by atoms with Crippen molar-refractivity contribution in [3.63, 3.8) is 0 Å². The Labute approximate surface area is 124 Å². The highest BCUT2D eigenvalue weighted by molar-refractivity contribution is 5.85. The fourth-order valence-electron chi connectivity index (χ4n) is 3.24. The molecule has 0 spiro atoms. The second kappa shape index (κ2) is 5.84. The van der Waals surface area contributed by atoms with Gasteiger partial charge in [0, 0.05) is 39.3 Å². The van der Waals surface area contributed by atoms with Gasteiger partial charge in [0.05, 0.1) is 11.6 Å². The average Bonchev–Trinajstić information content (AvgIpc) is 2.54. The van der Waals surface area contributed by atoms with E-state index in [2.05, 4.69) is 4.98 Å². The number of fused-ring (bicyclic) bond motifs is 1. The summed E-state index contributed by atoms with van der Waals surface area (Å²) in [6, 6.07) is 3.83. The molecular weight excluding hydrogens is 266 g/mol. The third-order valence-corrected chi connectivity index (χ3v) is 4.43. The predicted octanol–water partition coefficient (Wildman–Crippen LogP) is 1.54. The molecule has 5 nitrogen and oxygen atoms in total. The summed E-state index contributed by atoms with van der Waals surface area (Å²) >= 11 is 0. The largest absolute Gasteiger partial charge is 0.342 e. The molecule has 5 heteroatoms. The molecule has 3 rings (SSSR count). The topological polar surface area (TPSA) is 53.5 Å². The van der Waals surface area contributed by atoms with Crippen LogP contribution in [0.3, 0.4) is 0 Å². The zero-order valence-corrected chi connectivity index (χ0v) is 12.4.